The molecule has 2 aliphatic carbocycles. The minimum absolute atomic E-state index is 0.210. The quantitative estimate of drug-likeness (QED) is 0.610. The number of Topliss-reactive ketones (excluding diaryl/α,β-unsaturated/α-hetero) is 1. The first-order chi connectivity index (χ1) is 6.29. The lowest BCUT2D eigenvalue weighted by Gasteiger charge is -2.17. The Morgan fingerprint density at radius 3 is 3.00 bits per heavy atom. The van der Waals surface area contributed by atoms with Crippen molar-refractivity contribution in [2.24, 2.45) is 5.73 Å². The zero-order chi connectivity index (χ0) is 9.26. The fourth-order valence-electron chi connectivity index (χ4n) is 1.91. The summed E-state index contributed by atoms with van der Waals surface area (Å²) in [6.45, 7) is 0. The number of rotatable bonds is 0. The van der Waals surface area contributed by atoms with Crippen molar-refractivity contribution in [2.75, 3.05) is 0 Å². The highest BCUT2D eigenvalue weighted by atomic mass is 16.1. The van der Waals surface area contributed by atoms with Crippen LogP contribution < -0.4 is 5.73 Å². The van der Waals surface area contributed by atoms with Crippen LogP contribution in [0.2, 0.25) is 0 Å². The molecule has 0 aromatic heterocycles. The van der Waals surface area contributed by atoms with E-state index >= 15 is 0 Å². The van der Waals surface area contributed by atoms with Crippen molar-refractivity contribution in [1.82, 2.24) is 0 Å². The molecule has 2 aliphatic rings. The standard InChI is InChI=1S/C11H13NO/c12-9-6-2-1-4-8-5-3-7-10(13)11(8)9/h2,4,6H,1,3,5,7,12H2. The van der Waals surface area contributed by atoms with Gasteiger partial charge < -0.3 is 5.73 Å². The molecule has 0 radical (unpaired) electrons. The van der Waals surface area contributed by atoms with E-state index in [-0.39, 0.29) is 5.78 Å². The van der Waals surface area contributed by atoms with E-state index in [1.165, 1.54) is 0 Å². The molecule has 0 spiro atoms. The first-order valence-corrected chi connectivity index (χ1v) is 4.68. The summed E-state index contributed by atoms with van der Waals surface area (Å²) in [4.78, 5) is 11.6. The van der Waals surface area contributed by atoms with Crippen molar-refractivity contribution in [3.05, 3.63) is 35.1 Å². The van der Waals surface area contributed by atoms with Crippen molar-refractivity contribution in [3.8, 4) is 0 Å². The molecule has 1 saturated carbocycles. The Morgan fingerprint density at radius 1 is 1.31 bits per heavy atom. The Labute approximate surface area is 77.8 Å². The first kappa shape index (κ1) is 8.30. The second-order valence-corrected chi connectivity index (χ2v) is 3.47. The molecule has 2 heteroatoms. The van der Waals surface area contributed by atoms with Crippen LogP contribution >= 0.6 is 0 Å². The first-order valence-electron chi connectivity index (χ1n) is 4.68. The molecule has 0 heterocycles. The summed E-state index contributed by atoms with van der Waals surface area (Å²) < 4.78 is 0. The number of hydrogen-bond acceptors (Lipinski definition) is 2. The van der Waals surface area contributed by atoms with Gasteiger partial charge in [-0.05, 0) is 30.9 Å². The van der Waals surface area contributed by atoms with Crippen molar-refractivity contribution in [2.45, 2.75) is 25.7 Å². The maximum Gasteiger partial charge on any atom is 0.165 e. The van der Waals surface area contributed by atoms with Gasteiger partial charge in [0.1, 0.15) is 0 Å². The van der Waals surface area contributed by atoms with Crippen molar-refractivity contribution >= 4 is 5.78 Å². The average molecular weight is 175 g/mol. The summed E-state index contributed by atoms with van der Waals surface area (Å²) in [5, 5.41) is 0. The topological polar surface area (TPSA) is 43.1 Å². The van der Waals surface area contributed by atoms with Crippen molar-refractivity contribution < 1.29 is 4.79 Å². The highest BCUT2D eigenvalue weighted by Crippen LogP contribution is 2.29. The van der Waals surface area contributed by atoms with Gasteiger partial charge in [-0.3, -0.25) is 4.79 Å². The SMILES string of the molecule is NC1=C2C(=O)CCCC2=CCC=C1. The van der Waals surface area contributed by atoms with Crippen LogP contribution in [0.4, 0.5) is 0 Å². The van der Waals surface area contributed by atoms with Crippen molar-refractivity contribution in [1.29, 1.82) is 0 Å². The molecule has 0 bridgehead atoms. The number of allylic oxidation sites excluding steroid dienone is 5. The van der Waals surface area contributed by atoms with E-state index in [9.17, 15) is 4.79 Å². The van der Waals surface area contributed by atoms with Gasteiger partial charge in [-0.1, -0.05) is 12.2 Å². The van der Waals surface area contributed by atoms with E-state index in [2.05, 4.69) is 6.08 Å². The predicted octanol–water partition coefficient (Wildman–Crippen LogP) is 1.84. The van der Waals surface area contributed by atoms with Gasteiger partial charge in [0.15, 0.2) is 5.78 Å². The molecular weight excluding hydrogens is 162 g/mol. The highest BCUT2D eigenvalue weighted by molar-refractivity contribution is 6.01. The second kappa shape index (κ2) is 3.21. The van der Waals surface area contributed by atoms with Gasteiger partial charge in [0.25, 0.3) is 0 Å². The molecule has 0 unspecified atom stereocenters. The maximum atomic E-state index is 11.6. The molecule has 68 valence electrons. The van der Waals surface area contributed by atoms with Gasteiger partial charge in [-0.25, -0.2) is 0 Å². The highest BCUT2D eigenvalue weighted by Gasteiger charge is 2.22. The fourth-order valence-corrected chi connectivity index (χ4v) is 1.91. The second-order valence-electron chi connectivity index (χ2n) is 3.47. The summed E-state index contributed by atoms with van der Waals surface area (Å²) >= 11 is 0. The molecule has 0 aromatic carbocycles. The molecule has 2 nitrogen and oxygen atoms in total. The minimum atomic E-state index is 0.210. The molecule has 0 aromatic rings. The molecule has 0 saturated heterocycles. The molecule has 0 atom stereocenters. The molecule has 13 heavy (non-hydrogen) atoms. The van der Waals surface area contributed by atoms with Crippen LogP contribution in [0.25, 0.3) is 0 Å². The van der Waals surface area contributed by atoms with Crippen LogP contribution in [0.3, 0.4) is 0 Å². The zero-order valence-electron chi connectivity index (χ0n) is 7.55. The lowest BCUT2D eigenvalue weighted by molar-refractivity contribution is -0.115. The smallest absolute Gasteiger partial charge is 0.165 e. The number of carbonyl (C=O) groups is 1. The Kier molecular flexibility index (Phi) is 2.05. The molecule has 1 fully saturated rings. The van der Waals surface area contributed by atoms with E-state index < -0.39 is 0 Å². The van der Waals surface area contributed by atoms with Gasteiger partial charge in [-0.2, -0.15) is 0 Å². The molecular formula is C11H13NO. The van der Waals surface area contributed by atoms with Crippen LogP contribution in [0.5, 0.6) is 0 Å². The van der Waals surface area contributed by atoms with E-state index in [1.807, 2.05) is 12.2 Å². The van der Waals surface area contributed by atoms with Crippen LogP contribution in [0.1, 0.15) is 25.7 Å². The van der Waals surface area contributed by atoms with Crippen molar-refractivity contribution in [3.63, 3.8) is 0 Å². The molecule has 0 amide bonds. The molecule has 2 N–H and O–H groups in total. The Balaban J connectivity index is 2.48. The van der Waals surface area contributed by atoms with Gasteiger partial charge >= 0.3 is 0 Å². The third-order valence-electron chi connectivity index (χ3n) is 2.54. The number of fused-ring (bicyclic) bond motifs is 1. The fraction of sp³-hybridized carbons (Fsp3) is 0.364. The number of hydrogen-bond donors (Lipinski definition) is 1. The van der Waals surface area contributed by atoms with Crippen LogP contribution in [0.15, 0.2) is 35.1 Å². The van der Waals surface area contributed by atoms with Crippen LogP contribution in [-0.4, -0.2) is 5.78 Å². The lowest BCUT2D eigenvalue weighted by atomic mass is 9.87. The monoisotopic (exact) mass is 175 g/mol. The maximum absolute atomic E-state index is 11.6. The van der Waals surface area contributed by atoms with Gasteiger partial charge in [-0.15, -0.1) is 0 Å². The predicted molar refractivity (Wildman–Crippen MR) is 51.9 cm³/mol. The summed E-state index contributed by atoms with van der Waals surface area (Å²) in [5.74, 6) is 0.210. The van der Waals surface area contributed by atoms with E-state index in [4.69, 9.17) is 5.73 Å². The summed E-state index contributed by atoms with van der Waals surface area (Å²) in [6, 6.07) is 0. The minimum Gasteiger partial charge on any atom is -0.398 e. The third kappa shape index (κ3) is 1.44. The largest absolute Gasteiger partial charge is 0.398 e. The summed E-state index contributed by atoms with van der Waals surface area (Å²) in [5.41, 5.74) is 8.39. The molecule has 0 aliphatic heterocycles. The van der Waals surface area contributed by atoms with E-state index in [0.717, 1.165) is 30.4 Å². The lowest BCUT2D eigenvalue weighted by Crippen LogP contribution is -2.16. The van der Waals surface area contributed by atoms with E-state index in [0.29, 0.717) is 12.1 Å². The Hall–Kier alpha value is -1.31. The van der Waals surface area contributed by atoms with Gasteiger partial charge in [0, 0.05) is 17.7 Å². The van der Waals surface area contributed by atoms with Crippen LogP contribution in [-0.2, 0) is 4.79 Å². The van der Waals surface area contributed by atoms with E-state index in [1.54, 1.807) is 0 Å². The van der Waals surface area contributed by atoms with Gasteiger partial charge in [0.2, 0.25) is 0 Å². The number of ketones is 1. The summed E-state index contributed by atoms with van der Waals surface area (Å²) in [7, 11) is 0. The Bertz CT molecular complexity index is 334. The average Bonchev–Trinajstić information content (AvgIpc) is 2.29. The summed E-state index contributed by atoms with van der Waals surface area (Å²) in [6.07, 6.45) is 9.49. The van der Waals surface area contributed by atoms with Gasteiger partial charge in [0.05, 0.1) is 0 Å². The number of nitrogens with two attached hydrogens (primary N) is 1. The normalized spacial score (nSPS) is 22.5. The third-order valence-corrected chi connectivity index (χ3v) is 2.54. The van der Waals surface area contributed by atoms with Crippen LogP contribution in [0, 0.1) is 0 Å². The zero-order valence-corrected chi connectivity index (χ0v) is 7.55. The molecule has 2 rings (SSSR count). The Morgan fingerprint density at radius 2 is 2.15 bits per heavy atom. The number of carbonyl (C=O) groups excluding carboxylic acids is 1.